The van der Waals surface area contributed by atoms with Crippen molar-refractivity contribution in [2.24, 2.45) is 0 Å². The fourth-order valence-corrected chi connectivity index (χ4v) is 4.27. The van der Waals surface area contributed by atoms with Crippen molar-refractivity contribution >= 4 is 16.0 Å². The average molecular weight is 343 g/mol. The van der Waals surface area contributed by atoms with Gasteiger partial charge in [-0.25, -0.2) is 17.9 Å². The molecule has 0 spiro atoms. The van der Waals surface area contributed by atoms with E-state index in [4.69, 9.17) is 14.6 Å². The van der Waals surface area contributed by atoms with Gasteiger partial charge in [-0.3, -0.25) is 0 Å². The van der Waals surface area contributed by atoms with Crippen LogP contribution in [0.2, 0.25) is 0 Å². The van der Waals surface area contributed by atoms with E-state index in [9.17, 15) is 13.2 Å². The molecule has 2 rings (SSSR count). The zero-order valence-electron chi connectivity index (χ0n) is 13.2. The summed E-state index contributed by atoms with van der Waals surface area (Å²) in [7, 11) is -1.26. The minimum atomic E-state index is -3.91. The Bertz CT molecular complexity index is 679. The van der Waals surface area contributed by atoms with Gasteiger partial charge in [0.1, 0.15) is 4.90 Å². The third kappa shape index (κ3) is 3.94. The van der Waals surface area contributed by atoms with Gasteiger partial charge in [0.25, 0.3) is 0 Å². The third-order valence-corrected chi connectivity index (χ3v) is 5.43. The first-order valence-electron chi connectivity index (χ1n) is 7.40. The van der Waals surface area contributed by atoms with Crippen molar-refractivity contribution in [2.45, 2.75) is 43.0 Å². The number of methoxy groups -OCH3 is 2. The van der Waals surface area contributed by atoms with Crippen molar-refractivity contribution in [1.82, 2.24) is 4.72 Å². The van der Waals surface area contributed by atoms with Crippen LogP contribution in [-0.4, -0.2) is 39.8 Å². The lowest BCUT2D eigenvalue weighted by Gasteiger charge is -2.23. The number of rotatable bonds is 6. The standard InChI is InChI=1S/C15H21NO6S/c1-21-12-8-10(15(17)18)9-13(14(12)22-2)23(19,20)16-11-6-4-3-5-7-11/h8-9,11,16H,3-7H2,1-2H3,(H,17,18). The van der Waals surface area contributed by atoms with Gasteiger partial charge in [-0.2, -0.15) is 0 Å². The summed E-state index contributed by atoms with van der Waals surface area (Å²) in [5.74, 6) is -1.17. The van der Waals surface area contributed by atoms with Gasteiger partial charge >= 0.3 is 5.97 Å². The van der Waals surface area contributed by atoms with Crippen LogP contribution in [0.4, 0.5) is 0 Å². The molecule has 0 amide bonds. The molecule has 8 heteroatoms. The van der Waals surface area contributed by atoms with E-state index < -0.39 is 16.0 Å². The van der Waals surface area contributed by atoms with E-state index in [0.717, 1.165) is 38.2 Å². The molecular formula is C15H21NO6S. The van der Waals surface area contributed by atoms with E-state index in [-0.39, 0.29) is 28.0 Å². The number of nitrogens with one attached hydrogen (secondary N) is 1. The Morgan fingerprint density at radius 2 is 1.83 bits per heavy atom. The van der Waals surface area contributed by atoms with E-state index in [1.54, 1.807) is 0 Å². The molecule has 0 unspecified atom stereocenters. The predicted molar refractivity (Wildman–Crippen MR) is 83.7 cm³/mol. The van der Waals surface area contributed by atoms with E-state index in [0.29, 0.717) is 0 Å². The first-order chi connectivity index (χ1) is 10.9. The van der Waals surface area contributed by atoms with E-state index in [1.165, 1.54) is 20.3 Å². The highest BCUT2D eigenvalue weighted by atomic mass is 32.2. The molecular weight excluding hydrogens is 322 g/mol. The van der Waals surface area contributed by atoms with Crippen molar-refractivity contribution in [3.8, 4) is 11.5 Å². The average Bonchev–Trinajstić information content (AvgIpc) is 2.53. The molecule has 0 heterocycles. The Balaban J connectivity index is 2.46. The topological polar surface area (TPSA) is 102 Å². The second-order valence-corrected chi connectivity index (χ2v) is 7.15. The molecule has 2 N–H and O–H groups in total. The Kier molecular flexibility index (Phi) is 5.48. The molecule has 1 aromatic carbocycles. The normalized spacial score (nSPS) is 16.1. The highest BCUT2D eigenvalue weighted by molar-refractivity contribution is 7.89. The lowest BCUT2D eigenvalue weighted by Crippen LogP contribution is -2.36. The lowest BCUT2D eigenvalue weighted by molar-refractivity contribution is 0.0696. The van der Waals surface area contributed by atoms with Crippen molar-refractivity contribution < 1.29 is 27.8 Å². The molecule has 1 fully saturated rings. The monoisotopic (exact) mass is 343 g/mol. The van der Waals surface area contributed by atoms with Gasteiger partial charge in [0.15, 0.2) is 11.5 Å². The van der Waals surface area contributed by atoms with E-state index >= 15 is 0 Å². The molecule has 0 saturated heterocycles. The molecule has 0 atom stereocenters. The minimum absolute atomic E-state index is 0.000749. The number of ether oxygens (including phenoxy) is 2. The summed E-state index contributed by atoms with van der Waals surface area (Å²) in [5, 5.41) is 9.17. The maximum absolute atomic E-state index is 12.7. The van der Waals surface area contributed by atoms with Crippen molar-refractivity contribution in [1.29, 1.82) is 0 Å². The molecule has 7 nitrogen and oxygen atoms in total. The third-order valence-electron chi connectivity index (χ3n) is 3.91. The Morgan fingerprint density at radius 3 is 2.35 bits per heavy atom. The summed E-state index contributed by atoms with van der Waals surface area (Å²) in [4.78, 5) is 11.0. The van der Waals surface area contributed by atoms with Gasteiger partial charge in [-0.1, -0.05) is 19.3 Å². The number of hydrogen-bond donors (Lipinski definition) is 2. The lowest BCUT2D eigenvalue weighted by atomic mass is 9.96. The van der Waals surface area contributed by atoms with Crippen LogP contribution in [0.5, 0.6) is 11.5 Å². The zero-order valence-corrected chi connectivity index (χ0v) is 14.0. The Hall–Kier alpha value is -1.80. The summed E-state index contributed by atoms with van der Waals surface area (Å²) in [5.41, 5.74) is -0.174. The number of carbonyl (C=O) groups is 1. The molecule has 128 valence electrons. The second-order valence-electron chi connectivity index (χ2n) is 5.47. The fraction of sp³-hybridized carbons (Fsp3) is 0.533. The van der Waals surface area contributed by atoms with Gasteiger partial charge < -0.3 is 14.6 Å². The van der Waals surface area contributed by atoms with Crippen molar-refractivity contribution in [3.63, 3.8) is 0 Å². The summed E-state index contributed by atoms with van der Waals surface area (Å²) in [6.07, 6.45) is 4.60. The summed E-state index contributed by atoms with van der Waals surface area (Å²) >= 11 is 0. The minimum Gasteiger partial charge on any atom is -0.493 e. The van der Waals surface area contributed by atoms with Crippen molar-refractivity contribution in [3.05, 3.63) is 17.7 Å². The van der Waals surface area contributed by atoms with Crippen LogP contribution in [0.25, 0.3) is 0 Å². The number of benzene rings is 1. The molecule has 0 bridgehead atoms. The smallest absolute Gasteiger partial charge is 0.335 e. The number of hydrogen-bond acceptors (Lipinski definition) is 5. The molecule has 23 heavy (non-hydrogen) atoms. The van der Waals surface area contributed by atoms with Crippen LogP contribution >= 0.6 is 0 Å². The van der Waals surface area contributed by atoms with Crippen LogP contribution in [0, 0.1) is 0 Å². The number of aromatic carboxylic acids is 1. The van der Waals surface area contributed by atoms with Gasteiger partial charge in [-0.15, -0.1) is 0 Å². The Labute approximate surface area is 135 Å². The van der Waals surface area contributed by atoms with Crippen LogP contribution in [-0.2, 0) is 10.0 Å². The molecule has 1 aromatic rings. The summed E-state index contributed by atoms with van der Waals surface area (Å²) in [6, 6.07) is 2.19. The summed E-state index contributed by atoms with van der Waals surface area (Å²) in [6.45, 7) is 0. The highest BCUT2D eigenvalue weighted by Crippen LogP contribution is 2.36. The van der Waals surface area contributed by atoms with Gasteiger partial charge in [0, 0.05) is 6.04 Å². The molecule has 0 aromatic heterocycles. The quantitative estimate of drug-likeness (QED) is 0.819. The van der Waals surface area contributed by atoms with Crippen LogP contribution < -0.4 is 14.2 Å². The number of carboxylic acid groups (broad SMARTS) is 1. The maximum Gasteiger partial charge on any atom is 0.335 e. The Morgan fingerprint density at radius 1 is 1.17 bits per heavy atom. The molecule has 1 aliphatic carbocycles. The van der Waals surface area contributed by atoms with Crippen LogP contribution in [0.15, 0.2) is 17.0 Å². The highest BCUT2D eigenvalue weighted by Gasteiger charge is 2.28. The van der Waals surface area contributed by atoms with E-state index in [1.807, 2.05) is 0 Å². The molecule has 1 aliphatic rings. The van der Waals surface area contributed by atoms with Crippen LogP contribution in [0.1, 0.15) is 42.5 Å². The summed E-state index contributed by atoms with van der Waals surface area (Å²) < 4.78 is 38.2. The fourth-order valence-electron chi connectivity index (χ4n) is 2.76. The first-order valence-corrected chi connectivity index (χ1v) is 8.89. The van der Waals surface area contributed by atoms with Gasteiger partial charge in [0.05, 0.1) is 19.8 Å². The number of sulfonamides is 1. The zero-order chi connectivity index (χ0) is 17.0. The maximum atomic E-state index is 12.7. The van der Waals surface area contributed by atoms with Crippen molar-refractivity contribution in [2.75, 3.05) is 14.2 Å². The largest absolute Gasteiger partial charge is 0.493 e. The molecule has 0 radical (unpaired) electrons. The molecule has 1 saturated carbocycles. The van der Waals surface area contributed by atoms with Crippen LogP contribution in [0.3, 0.4) is 0 Å². The number of carboxylic acids is 1. The first kappa shape index (κ1) is 17.6. The molecule has 0 aliphatic heterocycles. The van der Waals surface area contributed by atoms with Gasteiger partial charge in [0.2, 0.25) is 10.0 Å². The predicted octanol–water partition coefficient (Wildman–Crippen LogP) is 2.01. The second kappa shape index (κ2) is 7.18. The van der Waals surface area contributed by atoms with E-state index in [2.05, 4.69) is 4.72 Å². The van der Waals surface area contributed by atoms with Gasteiger partial charge in [-0.05, 0) is 25.0 Å². The SMILES string of the molecule is COc1cc(C(=O)O)cc(S(=O)(=O)NC2CCCCC2)c1OC.